The lowest BCUT2D eigenvalue weighted by molar-refractivity contribution is 0.399. The maximum absolute atomic E-state index is 7.00. The first-order valence-electron chi connectivity index (χ1n) is 9.62. The Bertz CT molecular complexity index is 725. The van der Waals surface area contributed by atoms with Gasteiger partial charge in [0.2, 0.25) is 0 Å². The van der Waals surface area contributed by atoms with Crippen LogP contribution in [0.15, 0.2) is 101 Å². The fourth-order valence-electron chi connectivity index (χ4n) is 3.61. The van der Waals surface area contributed by atoms with Crippen molar-refractivity contribution in [3.63, 3.8) is 0 Å². The van der Waals surface area contributed by atoms with Crippen molar-refractivity contribution in [2.75, 3.05) is 7.11 Å². The molecule has 1 saturated carbocycles. The molecule has 0 heterocycles. The van der Waals surface area contributed by atoms with Crippen molar-refractivity contribution in [1.82, 2.24) is 0 Å². The zero-order valence-corrected chi connectivity index (χ0v) is 17.1. The van der Waals surface area contributed by atoms with Gasteiger partial charge in [-0.05, 0) is 60.7 Å². The maximum Gasteiger partial charge on any atom is 0.166 e. The van der Waals surface area contributed by atoms with Crippen molar-refractivity contribution in [3.05, 3.63) is 96.5 Å². The van der Waals surface area contributed by atoms with E-state index in [1.807, 2.05) is 12.2 Å². The molecule has 1 unspecified atom stereocenters. The van der Waals surface area contributed by atoms with Crippen molar-refractivity contribution in [1.29, 1.82) is 0 Å². The monoisotopic (exact) mass is 379 g/mol. The minimum Gasteiger partial charge on any atom is -0.400 e. The molecule has 0 amide bonds. The maximum atomic E-state index is 7.00. The van der Waals surface area contributed by atoms with Crippen molar-refractivity contribution in [2.45, 2.75) is 47.8 Å². The van der Waals surface area contributed by atoms with Gasteiger partial charge in [0.25, 0.3) is 0 Å². The van der Waals surface area contributed by atoms with E-state index in [0.29, 0.717) is 0 Å². The lowest BCUT2D eigenvalue weighted by Gasteiger charge is -2.22. The fraction of sp³-hybridized carbons (Fsp3) is 0.280. The SMILES string of the molecule is C=C/C=C(\C=C)[S+](c1ccccc1)c1ccc(C2CCCCC2)cc1.CO. The molecule has 0 aliphatic heterocycles. The van der Waals surface area contributed by atoms with Gasteiger partial charge in [-0.2, -0.15) is 0 Å². The molecule has 1 aliphatic rings. The molecule has 0 spiro atoms. The molecular weight excluding hydrogens is 348 g/mol. The molecule has 3 rings (SSSR count). The van der Waals surface area contributed by atoms with Crippen molar-refractivity contribution in [3.8, 4) is 0 Å². The summed E-state index contributed by atoms with van der Waals surface area (Å²) in [5.41, 5.74) is 1.51. The molecule has 0 aromatic heterocycles. The zero-order valence-electron chi connectivity index (χ0n) is 16.3. The molecule has 2 aromatic carbocycles. The highest BCUT2D eigenvalue weighted by Gasteiger charge is 2.29. The van der Waals surface area contributed by atoms with Crippen LogP contribution in [0, 0.1) is 0 Å². The van der Waals surface area contributed by atoms with Gasteiger partial charge in [-0.25, -0.2) is 0 Å². The zero-order chi connectivity index (χ0) is 19.5. The lowest BCUT2D eigenvalue weighted by atomic mass is 9.84. The summed E-state index contributed by atoms with van der Waals surface area (Å²) in [6, 6.07) is 20.0. The van der Waals surface area contributed by atoms with E-state index in [0.717, 1.165) is 13.0 Å². The van der Waals surface area contributed by atoms with Crippen LogP contribution in [0.5, 0.6) is 0 Å². The van der Waals surface area contributed by atoms with Crippen molar-refractivity contribution in [2.24, 2.45) is 0 Å². The lowest BCUT2D eigenvalue weighted by Crippen LogP contribution is -2.07. The van der Waals surface area contributed by atoms with Gasteiger partial charge in [-0.1, -0.05) is 68.8 Å². The van der Waals surface area contributed by atoms with E-state index in [-0.39, 0.29) is 10.9 Å². The average molecular weight is 380 g/mol. The number of hydrogen-bond donors (Lipinski definition) is 1. The Labute approximate surface area is 167 Å². The third kappa shape index (κ3) is 5.72. The van der Waals surface area contributed by atoms with Crippen LogP contribution >= 0.6 is 0 Å². The van der Waals surface area contributed by atoms with Crippen LogP contribution < -0.4 is 0 Å². The third-order valence-corrected chi connectivity index (χ3v) is 7.15. The van der Waals surface area contributed by atoms with E-state index < -0.39 is 0 Å². The third-order valence-electron chi connectivity index (χ3n) is 4.89. The largest absolute Gasteiger partial charge is 0.400 e. The summed E-state index contributed by atoms with van der Waals surface area (Å²) in [4.78, 5) is 3.88. The van der Waals surface area contributed by atoms with Crippen molar-refractivity contribution < 1.29 is 5.11 Å². The number of aliphatic hydroxyl groups is 1. The van der Waals surface area contributed by atoms with Crippen LogP contribution in [0.4, 0.5) is 0 Å². The number of rotatable bonds is 6. The minimum atomic E-state index is -0.130. The van der Waals surface area contributed by atoms with Crippen LogP contribution in [0.2, 0.25) is 0 Å². The van der Waals surface area contributed by atoms with Gasteiger partial charge in [0.05, 0.1) is 10.9 Å². The van der Waals surface area contributed by atoms with E-state index in [1.165, 1.54) is 52.4 Å². The predicted octanol–water partition coefficient (Wildman–Crippen LogP) is 6.64. The Kier molecular flexibility index (Phi) is 9.17. The van der Waals surface area contributed by atoms with E-state index in [2.05, 4.69) is 73.8 Å². The Morgan fingerprint density at radius 2 is 1.48 bits per heavy atom. The summed E-state index contributed by atoms with van der Waals surface area (Å²) >= 11 is 0. The van der Waals surface area contributed by atoms with Crippen LogP contribution in [-0.4, -0.2) is 12.2 Å². The quantitative estimate of drug-likeness (QED) is 0.441. The van der Waals surface area contributed by atoms with Crippen LogP contribution in [-0.2, 0) is 10.9 Å². The molecule has 2 heteroatoms. The highest BCUT2D eigenvalue weighted by atomic mass is 32.2. The first-order valence-corrected chi connectivity index (χ1v) is 10.8. The number of hydrogen-bond acceptors (Lipinski definition) is 1. The Hall–Kier alpha value is -2.03. The van der Waals surface area contributed by atoms with Crippen LogP contribution in [0.1, 0.15) is 43.6 Å². The smallest absolute Gasteiger partial charge is 0.166 e. The summed E-state index contributed by atoms with van der Waals surface area (Å²) in [7, 11) is 0.870. The van der Waals surface area contributed by atoms with Gasteiger partial charge < -0.3 is 5.11 Å². The van der Waals surface area contributed by atoms with Crippen molar-refractivity contribution >= 4 is 10.9 Å². The van der Waals surface area contributed by atoms with Gasteiger partial charge >= 0.3 is 0 Å². The second-order valence-electron chi connectivity index (χ2n) is 6.53. The molecule has 1 aliphatic carbocycles. The highest BCUT2D eigenvalue weighted by Crippen LogP contribution is 2.35. The summed E-state index contributed by atoms with van der Waals surface area (Å²) in [6.07, 6.45) is 12.8. The molecule has 0 bridgehead atoms. The van der Waals surface area contributed by atoms with Gasteiger partial charge in [0, 0.05) is 7.11 Å². The number of benzene rings is 2. The molecule has 1 fully saturated rings. The Balaban J connectivity index is 0.00000126. The van der Waals surface area contributed by atoms with E-state index in [1.54, 1.807) is 0 Å². The molecule has 1 nitrogen and oxygen atoms in total. The molecule has 27 heavy (non-hydrogen) atoms. The minimum absolute atomic E-state index is 0.130. The normalized spacial score (nSPS) is 16.0. The Morgan fingerprint density at radius 1 is 0.889 bits per heavy atom. The predicted molar refractivity (Wildman–Crippen MR) is 119 cm³/mol. The van der Waals surface area contributed by atoms with Crippen LogP contribution in [0.25, 0.3) is 0 Å². The topological polar surface area (TPSA) is 20.2 Å². The highest BCUT2D eigenvalue weighted by molar-refractivity contribution is 8.00. The van der Waals surface area contributed by atoms with E-state index >= 15 is 0 Å². The molecular formula is C25H31OS+. The van der Waals surface area contributed by atoms with Crippen LogP contribution in [0.3, 0.4) is 0 Å². The van der Waals surface area contributed by atoms with E-state index in [9.17, 15) is 0 Å². The van der Waals surface area contributed by atoms with Gasteiger partial charge in [-0.15, -0.1) is 0 Å². The molecule has 1 atom stereocenters. The molecule has 142 valence electrons. The summed E-state index contributed by atoms with van der Waals surface area (Å²) < 4.78 is 0. The van der Waals surface area contributed by atoms with Gasteiger partial charge in [-0.3, -0.25) is 0 Å². The summed E-state index contributed by atoms with van der Waals surface area (Å²) in [5, 5.41) is 7.00. The number of aliphatic hydroxyl groups excluding tert-OH is 1. The summed E-state index contributed by atoms with van der Waals surface area (Å²) in [5.74, 6) is 0.754. The molecule has 0 saturated heterocycles. The van der Waals surface area contributed by atoms with E-state index in [4.69, 9.17) is 5.11 Å². The standard InChI is InChI=1S/C24H27S.CH4O/c1-3-11-22(4-2)25(23-14-9-6-10-15-23)24-18-16-21(17-19-24)20-12-7-5-8-13-20;1-2/h3-4,6,9-11,14-20H,1-2,5,7-8,12-13H2;2H,1H3/q+1;/b22-11+;. The first kappa shape index (κ1) is 21.3. The number of allylic oxidation sites excluding steroid dienone is 3. The van der Waals surface area contributed by atoms with Gasteiger partial charge in [0.1, 0.15) is 0 Å². The first-order chi connectivity index (χ1) is 13.3. The Morgan fingerprint density at radius 3 is 2.04 bits per heavy atom. The second-order valence-corrected chi connectivity index (χ2v) is 8.56. The molecule has 2 aromatic rings. The summed E-state index contributed by atoms with van der Waals surface area (Å²) in [6.45, 7) is 7.91. The fourth-order valence-corrected chi connectivity index (χ4v) is 5.67. The van der Waals surface area contributed by atoms with Gasteiger partial charge in [0.15, 0.2) is 14.7 Å². The molecule has 0 radical (unpaired) electrons. The second kappa shape index (κ2) is 11.6. The average Bonchev–Trinajstić information content (AvgIpc) is 2.76. The molecule has 1 N–H and O–H groups in total.